The Hall–Kier alpha value is -0.810. The molecule has 1 aliphatic rings. The predicted octanol–water partition coefficient (Wildman–Crippen LogP) is 2.33. The van der Waals surface area contributed by atoms with Crippen molar-refractivity contribution in [1.29, 1.82) is 0 Å². The lowest BCUT2D eigenvalue weighted by Crippen LogP contribution is -2.32. The van der Waals surface area contributed by atoms with E-state index >= 15 is 0 Å². The molecule has 1 aromatic heterocycles. The lowest BCUT2D eigenvalue weighted by molar-refractivity contribution is -0.141. The van der Waals surface area contributed by atoms with Crippen LogP contribution in [0.15, 0.2) is 5.38 Å². The van der Waals surface area contributed by atoms with Crippen molar-refractivity contribution in [2.24, 2.45) is 0 Å². The summed E-state index contributed by atoms with van der Waals surface area (Å²) in [6, 6.07) is 0.423. The molecule has 0 unspecified atom stereocenters. The van der Waals surface area contributed by atoms with E-state index in [0.29, 0.717) is 17.8 Å². The van der Waals surface area contributed by atoms with E-state index in [0.717, 1.165) is 18.0 Å². The fourth-order valence-corrected chi connectivity index (χ4v) is 2.48. The Morgan fingerprint density at radius 2 is 2.50 bits per heavy atom. The number of ether oxygens (including phenoxy) is 1. The van der Waals surface area contributed by atoms with Crippen LogP contribution in [0.4, 0.5) is 5.13 Å². The minimum atomic E-state index is -0.208. The van der Waals surface area contributed by atoms with E-state index in [2.05, 4.69) is 4.98 Å². The summed E-state index contributed by atoms with van der Waals surface area (Å²) >= 11 is 7.24. The van der Waals surface area contributed by atoms with Crippen molar-refractivity contribution < 1.29 is 9.53 Å². The maximum atomic E-state index is 11.4. The van der Waals surface area contributed by atoms with Crippen LogP contribution in [0.3, 0.4) is 0 Å². The summed E-state index contributed by atoms with van der Waals surface area (Å²) in [5.41, 5.74) is 0. The van der Waals surface area contributed by atoms with Crippen LogP contribution in [-0.2, 0) is 9.53 Å². The van der Waals surface area contributed by atoms with Crippen LogP contribution in [0.25, 0.3) is 0 Å². The summed E-state index contributed by atoms with van der Waals surface area (Å²) in [5.74, 6) is -0.208. The summed E-state index contributed by atoms with van der Waals surface area (Å²) in [6.45, 7) is 2.48. The molecular weight excluding hydrogens is 248 g/mol. The van der Waals surface area contributed by atoms with Crippen LogP contribution in [0.5, 0.6) is 0 Å². The van der Waals surface area contributed by atoms with Crippen molar-refractivity contribution in [3.8, 4) is 0 Å². The van der Waals surface area contributed by atoms with E-state index in [1.807, 2.05) is 4.90 Å². The Kier molecular flexibility index (Phi) is 3.66. The Labute approximate surface area is 103 Å². The van der Waals surface area contributed by atoms with Gasteiger partial charge in [-0.3, -0.25) is 4.79 Å². The van der Waals surface area contributed by atoms with Gasteiger partial charge in [-0.2, -0.15) is 0 Å². The maximum absolute atomic E-state index is 11.4. The van der Waals surface area contributed by atoms with Gasteiger partial charge in [0.25, 0.3) is 0 Å². The molecule has 0 bridgehead atoms. The Bertz CT molecular complexity index is 379. The highest BCUT2D eigenvalue weighted by Crippen LogP contribution is 2.34. The van der Waals surface area contributed by atoms with Crippen molar-refractivity contribution >= 4 is 34.0 Å². The minimum absolute atomic E-state index is 0.208. The highest BCUT2D eigenvalue weighted by molar-refractivity contribution is 7.14. The van der Waals surface area contributed by atoms with Gasteiger partial charge in [0.15, 0.2) is 5.13 Å². The number of halogens is 1. The van der Waals surface area contributed by atoms with Gasteiger partial charge in [-0.05, 0) is 19.8 Å². The average molecular weight is 261 g/mol. The third-order valence-electron chi connectivity index (χ3n) is 2.30. The molecule has 1 fully saturated rings. The SMILES string of the molecule is CCOC(=O)CN(c1nc(Cl)cs1)C1CC1. The van der Waals surface area contributed by atoms with Gasteiger partial charge in [0.05, 0.1) is 6.61 Å². The molecule has 0 saturated heterocycles. The molecule has 0 spiro atoms. The second-order valence-electron chi connectivity index (χ2n) is 3.62. The normalized spacial score (nSPS) is 14.9. The number of rotatable bonds is 5. The molecule has 1 aliphatic carbocycles. The van der Waals surface area contributed by atoms with E-state index in [4.69, 9.17) is 16.3 Å². The molecule has 0 N–H and O–H groups in total. The molecule has 0 radical (unpaired) electrons. The fourth-order valence-electron chi connectivity index (χ4n) is 1.46. The first-order valence-electron chi connectivity index (χ1n) is 5.24. The number of aromatic nitrogens is 1. The number of nitrogens with zero attached hydrogens (tertiary/aromatic N) is 2. The summed E-state index contributed by atoms with van der Waals surface area (Å²) in [4.78, 5) is 17.6. The lowest BCUT2D eigenvalue weighted by Gasteiger charge is -2.19. The number of esters is 1. The molecule has 0 atom stereocenters. The van der Waals surface area contributed by atoms with Crippen molar-refractivity contribution in [3.05, 3.63) is 10.5 Å². The average Bonchev–Trinajstić information content (AvgIpc) is 2.98. The van der Waals surface area contributed by atoms with E-state index in [-0.39, 0.29) is 12.5 Å². The first-order valence-corrected chi connectivity index (χ1v) is 6.49. The third kappa shape index (κ3) is 2.86. The van der Waals surface area contributed by atoms with Crippen molar-refractivity contribution in [2.75, 3.05) is 18.1 Å². The van der Waals surface area contributed by atoms with Crippen LogP contribution >= 0.6 is 22.9 Å². The molecule has 0 amide bonds. The van der Waals surface area contributed by atoms with Gasteiger partial charge in [-0.25, -0.2) is 4.98 Å². The van der Waals surface area contributed by atoms with Crippen LogP contribution < -0.4 is 4.90 Å². The topological polar surface area (TPSA) is 42.4 Å². The molecule has 6 heteroatoms. The molecule has 88 valence electrons. The number of carbonyl (C=O) groups is 1. The van der Waals surface area contributed by atoms with Gasteiger partial charge in [0.2, 0.25) is 0 Å². The summed E-state index contributed by atoms with van der Waals surface area (Å²) in [5, 5.41) is 3.06. The van der Waals surface area contributed by atoms with Crippen molar-refractivity contribution in [1.82, 2.24) is 4.98 Å². The number of hydrogen-bond acceptors (Lipinski definition) is 5. The molecule has 1 saturated carbocycles. The molecule has 0 aromatic carbocycles. The molecule has 4 nitrogen and oxygen atoms in total. The number of anilines is 1. The highest BCUT2D eigenvalue weighted by atomic mass is 35.5. The summed E-state index contributed by atoms with van der Waals surface area (Å²) in [7, 11) is 0. The van der Waals surface area contributed by atoms with Gasteiger partial charge in [0, 0.05) is 11.4 Å². The molecular formula is C10H13ClN2O2S. The van der Waals surface area contributed by atoms with Crippen LogP contribution in [-0.4, -0.2) is 30.1 Å². The van der Waals surface area contributed by atoms with Crippen LogP contribution in [0.2, 0.25) is 5.15 Å². The monoisotopic (exact) mass is 260 g/mol. The zero-order valence-electron chi connectivity index (χ0n) is 8.98. The number of thiazole rings is 1. The smallest absolute Gasteiger partial charge is 0.325 e. The largest absolute Gasteiger partial charge is 0.465 e. The fraction of sp³-hybridized carbons (Fsp3) is 0.600. The zero-order chi connectivity index (χ0) is 11.5. The highest BCUT2D eigenvalue weighted by Gasteiger charge is 2.32. The van der Waals surface area contributed by atoms with Crippen molar-refractivity contribution in [3.63, 3.8) is 0 Å². The van der Waals surface area contributed by atoms with Gasteiger partial charge >= 0.3 is 5.97 Å². The molecule has 1 aromatic rings. The van der Waals surface area contributed by atoms with Crippen LogP contribution in [0, 0.1) is 0 Å². The first kappa shape index (κ1) is 11.7. The standard InChI is InChI=1S/C10H13ClN2O2S/c1-2-15-9(14)5-13(7-3-4-7)10-12-8(11)6-16-10/h6-7H,2-5H2,1H3. The third-order valence-corrected chi connectivity index (χ3v) is 3.50. The molecule has 16 heavy (non-hydrogen) atoms. The predicted molar refractivity (Wildman–Crippen MR) is 64.1 cm³/mol. The Balaban J connectivity index is 2.03. The van der Waals surface area contributed by atoms with Gasteiger partial charge in [0.1, 0.15) is 11.7 Å². The molecule has 2 rings (SSSR count). The van der Waals surface area contributed by atoms with Crippen molar-refractivity contribution in [2.45, 2.75) is 25.8 Å². The Morgan fingerprint density at radius 3 is 3.00 bits per heavy atom. The quantitative estimate of drug-likeness (QED) is 0.762. The van der Waals surface area contributed by atoms with E-state index in [1.54, 1.807) is 12.3 Å². The van der Waals surface area contributed by atoms with Crippen LogP contribution in [0.1, 0.15) is 19.8 Å². The zero-order valence-corrected chi connectivity index (χ0v) is 10.6. The van der Waals surface area contributed by atoms with E-state index in [9.17, 15) is 4.79 Å². The second-order valence-corrected chi connectivity index (χ2v) is 4.84. The number of hydrogen-bond donors (Lipinski definition) is 0. The van der Waals surface area contributed by atoms with Gasteiger partial charge in [-0.1, -0.05) is 11.6 Å². The van der Waals surface area contributed by atoms with E-state index in [1.165, 1.54) is 11.3 Å². The van der Waals surface area contributed by atoms with Gasteiger partial charge < -0.3 is 9.64 Å². The summed E-state index contributed by atoms with van der Waals surface area (Å²) < 4.78 is 4.94. The summed E-state index contributed by atoms with van der Waals surface area (Å²) in [6.07, 6.45) is 2.22. The Morgan fingerprint density at radius 1 is 1.75 bits per heavy atom. The maximum Gasteiger partial charge on any atom is 0.325 e. The number of carbonyl (C=O) groups excluding carboxylic acids is 1. The van der Waals surface area contributed by atoms with E-state index < -0.39 is 0 Å². The van der Waals surface area contributed by atoms with Gasteiger partial charge in [-0.15, -0.1) is 11.3 Å². The minimum Gasteiger partial charge on any atom is -0.465 e. The lowest BCUT2D eigenvalue weighted by atomic mass is 10.5. The second kappa shape index (κ2) is 5.01. The molecule has 0 aliphatic heterocycles. The molecule has 1 heterocycles. The first-order chi connectivity index (χ1) is 7.70.